The van der Waals surface area contributed by atoms with Crippen molar-refractivity contribution >= 4 is 35.2 Å². The van der Waals surface area contributed by atoms with Crippen LogP contribution in [0, 0.1) is 5.21 Å². The molecule has 0 aliphatic heterocycles. The van der Waals surface area contributed by atoms with E-state index >= 15 is 0 Å². The Balaban J connectivity index is 2.92. The van der Waals surface area contributed by atoms with Gasteiger partial charge in [0.25, 0.3) is 0 Å². The summed E-state index contributed by atoms with van der Waals surface area (Å²) in [5.41, 5.74) is 1.80. The molecule has 0 bridgehead atoms. The number of carbonyl (C=O) groups excluding carboxylic acids is 1. The normalized spacial score (nSPS) is 10.5. The van der Waals surface area contributed by atoms with Crippen LogP contribution in [0.25, 0.3) is 6.08 Å². The van der Waals surface area contributed by atoms with Gasteiger partial charge in [-0.05, 0) is 17.7 Å². The summed E-state index contributed by atoms with van der Waals surface area (Å²) in [6, 6.07) is 5.01. The highest BCUT2D eigenvalue weighted by Gasteiger charge is 2.00. The van der Waals surface area contributed by atoms with Gasteiger partial charge in [0.05, 0.1) is 10.0 Å². The molecule has 0 aliphatic rings. The van der Waals surface area contributed by atoms with Crippen LogP contribution in [0.4, 0.5) is 0 Å². The third-order valence-electron chi connectivity index (χ3n) is 1.50. The van der Waals surface area contributed by atoms with E-state index in [-0.39, 0.29) is 0 Å². The Morgan fingerprint density at radius 1 is 1.43 bits per heavy atom. The SMILES string of the molecule is O=C(C=Cc1cccc(Cl)c1Cl)N[O-]. The van der Waals surface area contributed by atoms with Crippen LogP contribution in [0.5, 0.6) is 0 Å². The molecule has 0 saturated heterocycles. The van der Waals surface area contributed by atoms with Crippen molar-refractivity contribution in [3.8, 4) is 0 Å². The van der Waals surface area contributed by atoms with Gasteiger partial charge in [-0.2, -0.15) is 0 Å². The van der Waals surface area contributed by atoms with Gasteiger partial charge in [-0.3, -0.25) is 4.79 Å². The predicted octanol–water partition coefficient (Wildman–Crippen LogP) is 2.62. The minimum Gasteiger partial charge on any atom is -0.759 e. The molecule has 0 unspecified atom stereocenters. The van der Waals surface area contributed by atoms with E-state index in [1.54, 1.807) is 18.2 Å². The van der Waals surface area contributed by atoms with E-state index in [2.05, 4.69) is 0 Å². The number of hydrogen-bond acceptors (Lipinski definition) is 2. The highest BCUT2D eigenvalue weighted by atomic mass is 35.5. The molecule has 1 amide bonds. The molecule has 1 aromatic carbocycles. The van der Waals surface area contributed by atoms with Crippen molar-refractivity contribution in [2.24, 2.45) is 0 Å². The Morgan fingerprint density at radius 2 is 2.14 bits per heavy atom. The fourth-order valence-electron chi connectivity index (χ4n) is 0.849. The summed E-state index contributed by atoms with van der Waals surface area (Å²) in [5, 5.41) is 10.6. The van der Waals surface area contributed by atoms with Gasteiger partial charge < -0.3 is 10.7 Å². The molecular weight excluding hydrogens is 225 g/mol. The lowest BCUT2D eigenvalue weighted by atomic mass is 10.2. The molecule has 1 aromatic rings. The summed E-state index contributed by atoms with van der Waals surface area (Å²) in [7, 11) is 0. The smallest absolute Gasteiger partial charge is 0.233 e. The molecule has 1 rings (SSSR count). The van der Waals surface area contributed by atoms with Crippen molar-refractivity contribution < 1.29 is 4.79 Å². The molecule has 0 radical (unpaired) electrons. The average Bonchev–Trinajstić information content (AvgIpc) is 2.20. The number of nitrogens with one attached hydrogen (secondary N) is 1. The third-order valence-corrected chi connectivity index (χ3v) is 2.33. The Labute approximate surface area is 90.9 Å². The lowest BCUT2D eigenvalue weighted by molar-refractivity contribution is -0.115. The second-order valence-electron chi connectivity index (χ2n) is 2.44. The fraction of sp³-hybridized carbons (Fsp3) is 0. The molecule has 3 nitrogen and oxygen atoms in total. The summed E-state index contributed by atoms with van der Waals surface area (Å²) in [4.78, 5) is 10.6. The van der Waals surface area contributed by atoms with Gasteiger partial charge in [0.1, 0.15) is 0 Å². The molecule has 1 N–H and O–H groups in total. The molecule has 74 valence electrons. The maximum atomic E-state index is 10.6. The number of hydroxylamine groups is 1. The van der Waals surface area contributed by atoms with Crippen molar-refractivity contribution in [3.05, 3.63) is 45.1 Å². The van der Waals surface area contributed by atoms with Gasteiger partial charge in [0.2, 0.25) is 5.91 Å². The Morgan fingerprint density at radius 3 is 2.79 bits per heavy atom. The highest BCUT2D eigenvalue weighted by Crippen LogP contribution is 2.26. The van der Waals surface area contributed by atoms with Gasteiger partial charge in [0, 0.05) is 6.08 Å². The van der Waals surface area contributed by atoms with Crippen molar-refractivity contribution in [1.29, 1.82) is 0 Å². The van der Waals surface area contributed by atoms with Crippen LogP contribution in [0.15, 0.2) is 24.3 Å². The van der Waals surface area contributed by atoms with Crippen LogP contribution in [-0.4, -0.2) is 5.91 Å². The number of hydrogen-bond donors (Lipinski definition) is 1. The van der Waals surface area contributed by atoms with E-state index < -0.39 is 5.91 Å². The minimum absolute atomic E-state index is 0.351. The van der Waals surface area contributed by atoms with Crippen molar-refractivity contribution in [2.45, 2.75) is 0 Å². The second-order valence-corrected chi connectivity index (χ2v) is 3.23. The van der Waals surface area contributed by atoms with E-state index in [1.165, 1.54) is 11.6 Å². The van der Waals surface area contributed by atoms with E-state index in [0.717, 1.165) is 6.08 Å². The Hall–Kier alpha value is -1.03. The molecule has 0 saturated carbocycles. The first-order valence-electron chi connectivity index (χ1n) is 3.69. The Bertz CT molecular complexity index is 377. The van der Waals surface area contributed by atoms with Crippen molar-refractivity contribution in [2.75, 3.05) is 0 Å². The molecule has 0 aromatic heterocycles. The largest absolute Gasteiger partial charge is 0.759 e. The third kappa shape index (κ3) is 2.73. The number of benzene rings is 1. The van der Waals surface area contributed by atoms with Crippen LogP contribution < -0.4 is 5.48 Å². The van der Waals surface area contributed by atoms with Crippen LogP contribution >= 0.6 is 23.2 Å². The molecule has 0 heterocycles. The predicted molar refractivity (Wildman–Crippen MR) is 57.0 cm³/mol. The standard InChI is InChI=1S/C9H6Cl2NO2/c10-7-3-1-2-6(9(7)11)4-5-8(13)12-14/h1-5H,(H-,12,13,14)/q-1. The van der Waals surface area contributed by atoms with Crippen LogP contribution in [0.2, 0.25) is 10.0 Å². The van der Waals surface area contributed by atoms with Crippen molar-refractivity contribution in [1.82, 2.24) is 5.48 Å². The van der Waals surface area contributed by atoms with E-state index in [0.29, 0.717) is 15.6 Å². The molecule has 14 heavy (non-hydrogen) atoms. The molecule has 0 atom stereocenters. The van der Waals surface area contributed by atoms with Gasteiger partial charge in [-0.15, -0.1) is 0 Å². The average molecular weight is 231 g/mol. The second kappa shape index (κ2) is 5.00. The molecule has 0 spiro atoms. The van der Waals surface area contributed by atoms with Gasteiger partial charge >= 0.3 is 0 Å². The lowest BCUT2D eigenvalue weighted by Gasteiger charge is -2.02. The van der Waals surface area contributed by atoms with Gasteiger partial charge in [0.15, 0.2) is 0 Å². The molecule has 0 aliphatic carbocycles. The van der Waals surface area contributed by atoms with Crippen molar-refractivity contribution in [3.63, 3.8) is 0 Å². The zero-order valence-electron chi connectivity index (χ0n) is 6.96. The maximum absolute atomic E-state index is 10.6. The quantitative estimate of drug-likeness (QED) is 0.628. The number of rotatable bonds is 2. The maximum Gasteiger partial charge on any atom is 0.233 e. The van der Waals surface area contributed by atoms with E-state index in [9.17, 15) is 10.0 Å². The summed E-state index contributed by atoms with van der Waals surface area (Å²) in [6.07, 6.45) is 2.51. The monoisotopic (exact) mass is 230 g/mol. The zero-order valence-corrected chi connectivity index (χ0v) is 8.47. The summed E-state index contributed by atoms with van der Waals surface area (Å²) >= 11 is 11.6. The lowest BCUT2D eigenvalue weighted by Crippen LogP contribution is -2.11. The topological polar surface area (TPSA) is 52.2 Å². The zero-order chi connectivity index (χ0) is 10.6. The van der Waals surface area contributed by atoms with Gasteiger partial charge in [-0.25, -0.2) is 0 Å². The molecule has 5 heteroatoms. The van der Waals surface area contributed by atoms with Crippen LogP contribution in [-0.2, 0) is 4.79 Å². The molecule has 0 fully saturated rings. The molecular formula is C9H6Cl2NO2-. The number of amides is 1. The fourth-order valence-corrected chi connectivity index (χ4v) is 1.22. The van der Waals surface area contributed by atoms with Gasteiger partial charge in [-0.1, -0.05) is 35.3 Å². The Kier molecular flexibility index (Phi) is 3.95. The summed E-state index contributed by atoms with van der Waals surface area (Å²) < 4.78 is 0. The van der Waals surface area contributed by atoms with E-state index in [4.69, 9.17) is 23.2 Å². The van der Waals surface area contributed by atoms with Crippen LogP contribution in [0.3, 0.4) is 0 Å². The first-order valence-corrected chi connectivity index (χ1v) is 4.45. The minimum atomic E-state index is -0.735. The first-order chi connectivity index (χ1) is 6.65. The first kappa shape index (κ1) is 11.0. The van der Waals surface area contributed by atoms with E-state index in [1.807, 2.05) is 0 Å². The highest BCUT2D eigenvalue weighted by molar-refractivity contribution is 6.42. The number of halogens is 2. The number of carbonyl (C=O) groups is 1. The van der Waals surface area contributed by atoms with Crippen LogP contribution in [0.1, 0.15) is 5.56 Å². The summed E-state index contributed by atoms with van der Waals surface area (Å²) in [6.45, 7) is 0. The summed E-state index contributed by atoms with van der Waals surface area (Å²) in [5.74, 6) is -0.735.